The van der Waals surface area contributed by atoms with Gasteiger partial charge in [0.25, 0.3) is 0 Å². The van der Waals surface area contributed by atoms with Crippen molar-refractivity contribution in [3.8, 4) is 5.75 Å². The molecule has 1 rings (SSSR count). The van der Waals surface area contributed by atoms with Gasteiger partial charge in [-0.25, -0.2) is 0 Å². The van der Waals surface area contributed by atoms with Crippen LogP contribution in [0.3, 0.4) is 0 Å². The van der Waals surface area contributed by atoms with E-state index in [1.165, 1.54) is 5.56 Å². The van der Waals surface area contributed by atoms with Crippen LogP contribution in [0.5, 0.6) is 5.75 Å². The van der Waals surface area contributed by atoms with Crippen LogP contribution in [0, 0.1) is 0 Å². The third-order valence-corrected chi connectivity index (χ3v) is 2.99. The predicted molar refractivity (Wildman–Crippen MR) is 71.8 cm³/mol. The van der Waals surface area contributed by atoms with Crippen molar-refractivity contribution in [3.05, 3.63) is 40.9 Å². The van der Waals surface area contributed by atoms with Crippen molar-refractivity contribution in [3.63, 3.8) is 0 Å². The molecule has 0 fully saturated rings. The molecule has 1 unspecified atom stereocenters. The number of halogens is 1. The monoisotopic (exact) mass is 283 g/mol. The first-order valence-corrected chi connectivity index (χ1v) is 6.24. The van der Waals surface area contributed by atoms with Crippen LogP contribution in [-0.4, -0.2) is 12.6 Å². The van der Waals surface area contributed by atoms with Gasteiger partial charge in [-0.15, -0.1) is 0 Å². The number of benzene rings is 1. The largest absolute Gasteiger partial charge is 0.488 e. The van der Waals surface area contributed by atoms with E-state index >= 15 is 0 Å². The molecule has 0 aliphatic heterocycles. The van der Waals surface area contributed by atoms with Crippen molar-refractivity contribution in [1.82, 2.24) is 0 Å². The van der Waals surface area contributed by atoms with Gasteiger partial charge >= 0.3 is 0 Å². The van der Waals surface area contributed by atoms with E-state index in [0.29, 0.717) is 6.61 Å². The van der Waals surface area contributed by atoms with Crippen molar-refractivity contribution in [1.29, 1.82) is 0 Å². The normalized spacial score (nSPS) is 12.2. The molecule has 0 spiro atoms. The average molecular weight is 284 g/mol. The third-order valence-electron chi connectivity index (χ3n) is 2.38. The fourth-order valence-electron chi connectivity index (χ4n) is 1.38. The van der Waals surface area contributed by atoms with E-state index in [0.717, 1.165) is 23.1 Å². The molecule has 1 aromatic rings. The molecular formula is C13H18BrNO. The third kappa shape index (κ3) is 3.99. The molecule has 0 radical (unpaired) electrons. The minimum atomic E-state index is 0.229. The van der Waals surface area contributed by atoms with E-state index in [9.17, 15) is 0 Å². The topological polar surface area (TPSA) is 35.2 Å². The lowest BCUT2D eigenvalue weighted by atomic mass is 10.0. The Morgan fingerprint density at radius 3 is 2.88 bits per heavy atom. The maximum atomic E-state index is 5.91. The maximum Gasteiger partial charge on any atom is 0.133 e. The Labute approximate surface area is 106 Å². The van der Waals surface area contributed by atoms with Crippen LogP contribution in [0.15, 0.2) is 35.3 Å². The van der Waals surface area contributed by atoms with Crippen LogP contribution in [0.2, 0.25) is 0 Å². The predicted octanol–water partition coefficient (Wildman–Crippen LogP) is 3.29. The minimum Gasteiger partial charge on any atom is -0.488 e. The van der Waals surface area contributed by atoms with Gasteiger partial charge in [-0.05, 0) is 46.5 Å². The molecule has 88 valence electrons. The molecule has 16 heavy (non-hydrogen) atoms. The number of nitrogens with two attached hydrogens (primary N) is 1. The van der Waals surface area contributed by atoms with Gasteiger partial charge in [0, 0.05) is 6.04 Å². The summed E-state index contributed by atoms with van der Waals surface area (Å²) in [5.41, 5.74) is 7.14. The highest BCUT2D eigenvalue weighted by Crippen LogP contribution is 2.26. The molecule has 0 amide bonds. The van der Waals surface area contributed by atoms with E-state index in [1.54, 1.807) is 6.08 Å². The van der Waals surface area contributed by atoms with Gasteiger partial charge in [-0.2, -0.15) is 0 Å². The van der Waals surface area contributed by atoms with Gasteiger partial charge in [0.15, 0.2) is 0 Å². The molecule has 3 heteroatoms. The Bertz CT molecular complexity index is 352. The zero-order valence-electron chi connectivity index (χ0n) is 9.58. The van der Waals surface area contributed by atoms with Crippen molar-refractivity contribution < 1.29 is 4.74 Å². The lowest BCUT2D eigenvalue weighted by Gasteiger charge is -2.11. The van der Waals surface area contributed by atoms with Gasteiger partial charge < -0.3 is 10.5 Å². The van der Waals surface area contributed by atoms with Crippen molar-refractivity contribution in [2.24, 2.45) is 5.73 Å². The summed E-state index contributed by atoms with van der Waals surface area (Å²) in [7, 11) is 0. The fraction of sp³-hybridized carbons (Fsp3) is 0.385. The van der Waals surface area contributed by atoms with E-state index < -0.39 is 0 Å². The Kier molecular flexibility index (Phi) is 5.56. The second-order valence-electron chi connectivity index (χ2n) is 3.74. The highest BCUT2D eigenvalue weighted by molar-refractivity contribution is 9.10. The molecule has 0 aliphatic carbocycles. The summed E-state index contributed by atoms with van der Waals surface area (Å²) in [6.45, 7) is 6.24. The first-order chi connectivity index (χ1) is 7.67. The molecule has 0 aromatic heterocycles. The number of hydrogen-bond donors (Lipinski definition) is 1. The summed E-state index contributed by atoms with van der Waals surface area (Å²) in [5.74, 6) is 0.841. The lowest BCUT2D eigenvalue weighted by Crippen LogP contribution is -2.21. The van der Waals surface area contributed by atoms with Crippen molar-refractivity contribution in [2.45, 2.75) is 25.8 Å². The lowest BCUT2D eigenvalue weighted by molar-refractivity contribution is 0.361. The van der Waals surface area contributed by atoms with Crippen LogP contribution in [0.4, 0.5) is 0 Å². The van der Waals surface area contributed by atoms with E-state index in [-0.39, 0.29) is 6.04 Å². The Morgan fingerprint density at radius 2 is 2.31 bits per heavy atom. The number of rotatable bonds is 6. The first-order valence-electron chi connectivity index (χ1n) is 5.45. The van der Waals surface area contributed by atoms with Crippen LogP contribution in [0.25, 0.3) is 0 Å². The zero-order valence-corrected chi connectivity index (χ0v) is 11.2. The summed E-state index contributed by atoms with van der Waals surface area (Å²) in [4.78, 5) is 0. The fourth-order valence-corrected chi connectivity index (χ4v) is 1.92. The molecule has 0 heterocycles. The van der Waals surface area contributed by atoms with Gasteiger partial charge in [0.05, 0.1) is 4.47 Å². The summed E-state index contributed by atoms with van der Waals surface area (Å²) >= 11 is 3.49. The first kappa shape index (κ1) is 13.3. The van der Waals surface area contributed by atoms with E-state index in [4.69, 9.17) is 10.5 Å². The molecular weight excluding hydrogens is 266 g/mol. The van der Waals surface area contributed by atoms with E-state index in [1.807, 2.05) is 6.07 Å². The van der Waals surface area contributed by atoms with Crippen molar-refractivity contribution >= 4 is 15.9 Å². The smallest absolute Gasteiger partial charge is 0.133 e. The van der Waals surface area contributed by atoms with Gasteiger partial charge in [0.1, 0.15) is 12.4 Å². The minimum absolute atomic E-state index is 0.229. The summed E-state index contributed by atoms with van der Waals surface area (Å²) < 4.78 is 6.44. The quantitative estimate of drug-likeness (QED) is 0.813. The zero-order chi connectivity index (χ0) is 12.0. The average Bonchev–Trinajstić information content (AvgIpc) is 2.28. The molecule has 2 N–H and O–H groups in total. The van der Waals surface area contributed by atoms with Crippen LogP contribution >= 0.6 is 15.9 Å². The Balaban J connectivity index is 2.70. The summed E-state index contributed by atoms with van der Waals surface area (Å²) in [6, 6.07) is 6.31. The highest BCUT2D eigenvalue weighted by Gasteiger charge is 2.05. The standard InChI is InChI=1S/C13H18BrNO/c1-3-7-16-13-6-5-10(9-12(13)14)8-11(15)4-2/h3,5-6,9,11H,1,4,7-8,15H2,2H3. The summed E-state index contributed by atoms with van der Waals surface area (Å²) in [6.07, 6.45) is 3.62. The molecule has 2 nitrogen and oxygen atoms in total. The van der Waals surface area contributed by atoms with E-state index in [2.05, 4.69) is 41.6 Å². The SMILES string of the molecule is C=CCOc1ccc(CC(N)CC)cc1Br. The molecule has 0 saturated carbocycles. The van der Waals surface area contributed by atoms with Gasteiger partial charge in [-0.3, -0.25) is 0 Å². The molecule has 1 aromatic carbocycles. The van der Waals surface area contributed by atoms with Gasteiger partial charge in [0.2, 0.25) is 0 Å². The number of hydrogen-bond acceptors (Lipinski definition) is 2. The second-order valence-corrected chi connectivity index (χ2v) is 4.59. The molecule has 0 saturated heterocycles. The summed E-state index contributed by atoms with van der Waals surface area (Å²) in [5, 5.41) is 0. The Hall–Kier alpha value is -0.800. The molecule has 1 atom stereocenters. The highest BCUT2D eigenvalue weighted by atomic mass is 79.9. The maximum absolute atomic E-state index is 5.91. The van der Waals surface area contributed by atoms with Crippen LogP contribution in [0.1, 0.15) is 18.9 Å². The van der Waals surface area contributed by atoms with Gasteiger partial charge in [-0.1, -0.05) is 25.6 Å². The van der Waals surface area contributed by atoms with Crippen LogP contribution < -0.4 is 10.5 Å². The molecule has 0 bridgehead atoms. The molecule has 0 aliphatic rings. The second kappa shape index (κ2) is 6.71. The Morgan fingerprint density at radius 1 is 1.56 bits per heavy atom. The van der Waals surface area contributed by atoms with Crippen molar-refractivity contribution in [2.75, 3.05) is 6.61 Å². The number of ether oxygens (including phenoxy) is 1. The van der Waals surface area contributed by atoms with Crippen LogP contribution in [-0.2, 0) is 6.42 Å².